The van der Waals surface area contributed by atoms with Gasteiger partial charge in [-0.15, -0.1) is 10.2 Å². The molecule has 0 unspecified atom stereocenters. The van der Waals surface area contributed by atoms with Crippen molar-refractivity contribution in [3.63, 3.8) is 0 Å². The van der Waals surface area contributed by atoms with E-state index >= 15 is 0 Å². The van der Waals surface area contributed by atoms with Crippen molar-refractivity contribution in [2.75, 3.05) is 17.7 Å². The topological polar surface area (TPSA) is 98.1 Å². The van der Waals surface area contributed by atoms with Gasteiger partial charge in [-0.2, -0.15) is 26.3 Å². The zero-order valence-corrected chi connectivity index (χ0v) is 24.3. The van der Waals surface area contributed by atoms with Crippen molar-refractivity contribution in [3.8, 4) is 11.4 Å². The molecule has 0 atom stereocenters. The lowest BCUT2D eigenvalue weighted by Gasteiger charge is -2.14. The van der Waals surface area contributed by atoms with Gasteiger partial charge in [0.25, 0.3) is 5.91 Å². The van der Waals surface area contributed by atoms with Gasteiger partial charge in [0, 0.05) is 5.02 Å². The minimum atomic E-state index is -4.67. The maximum absolute atomic E-state index is 13.4. The van der Waals surface area contributed by atoms with Gasteiger partial charge in [0.2, 0.25) is 5.91 Å². The number of benzene rings is 3. The first-order chi connectivity index (χ1) is 20.7. The first-order valence-electron chi connectivity index (χ1n) is 12.3. The molecule has 0 aliphatic heterocycles. The van der Waals surface area contributed by atoms with Crippen molar-refractivity contribution in [1.29, 1.82) is 0 Å². The maximum atomic E-state index is 13.4. The molecule has 0 radical (unpaired) electrons. The highest BCUT2D eigenvalue weighted by atomic mass is 35.5. The molecule has 0 spiro atoms. The number of hydrogen-bond donors (Lipinski definition) is 2. The summed E-state index contributed by atoms with van der Waals surface area (Å²) in [5.41, 5.74) is -2.30. The van der Waals surface area contributed by atoms with Crippen LogP contribution in [0.5, 0.6) is 5.75 Å². The number of nitrogens with one attached hydrogen (secondary N) is 2. The van der Waals surface area contributed by atoms with E-state index in [4.69, 9.17) is 27.9 Å². The molecule has 232 valence electrons. The molecule has 0 bridgehead atoms. The smallest absolute Gasteiger partial charge is 0.416 e. The van der Waals surface area contributed by atoms with Crippen LogP contribution >= 0.6 is 35.0 Å². The van der Waals surface area contributed by atoms with Gasteiger partial charge < -0.3 is 15.4 Å². The summed E-state index contributed by atoms with van der Waals surface area (Å²) in [6.45, 7) is -0.669. The van der Waals surface area contributed by atoms with Crippen LogP contribution in [0.25, 0.3) is 5.69 Å². The third-order valence-electron chi connectivity index (χ3n) is 5.66. The fourth-order valence-corrected chi connectivity index (χ4v) is 4.67. The Morgan fingerprint density at radius 3 is 2.23 bits per heavy atom. The van der Waals surface area contributed by atoms with E-state index in [1.165, 1.54) is 10.6 Å². The summed E-state index contributed by atoms with van der Waals surface area (Å²) in [5.74, 6) is -1.38. The number of carbonyl (C=O) groups is 2. The van der Waals surface area contributed by atoms with E-state index < -0.39 is 41.0 Å². The van der Waals surface area contributed by atoms with Gasteiger partial charge in [0.1, 0.15) is 5.75 Å². The number of halogens is 8. The average Bonchev–Trinajstić information content (AvgIpc) is 3.37. The highest BCUT2D eigenvalue weighted by Crippen LogP contribution is 2.34. The molecule has 2 amide bonds. The zero-order valence-electron chi connectivity index (χ0n) is 22.0. The normalized spacial score (nSPS) is 11.7. The predicted molar refractivity (Wildman–Crippen MR) is 151 cm³/mol. The van der Waals surface area contributed by atoms with Gasteiger partial charge in [-0.3, -0.25) is 14.2 Å². The summed E-state index contributed by atoms with van der Waals surface area (Å²) in [4.78, 5) is 25.0. The van der Waals surface area contributed by atoms with E-state index in [-0.39, 0.29) is 40.5 Å². The molecular weight excluding hydrogens is 659 g/mol. The van der Waals surface area contributed by atoms with E-state index in [0.717, 1.165) is 42.1 Å². The largest absolute Gasteiger partial charge is 0.484 e. The van der Waals surface area contributed by atoms with Crippen LogP contribution < -0.4 is 15.4 Å². The van der Waals surface area contributed by atoms with Gasteiger partial charge in [-0.1, -0.05) is 41.0 Å². The van der Waals surface area contributed by atoms with Crippen molar-refractivity contribution in [2.45, 2.75) is 24.1 Å². The van der Waals surface area contributed by atoms with Crippen molar-refractivity contribution in [1.82, 2.24) is 20.1 Å². The summed E-state index contributed by atoms with van der Waals surface area (Å²) in [6, 6.07) is 12.9. The number of amides is 2. The fourth-order valence-electron chi connectivity index (χ4n) is 3.61. The summed E-state index contributed by atoms with van der Waals surface area (Å²) in [6.07, 6.45) is -9.34. The molecule has 0 aliphatic carbocycles. The Hall–Kier alpha value is -3.95. The summed E-state index contributed by atoms with van der Waals surface area (Å²) in [5, 5.41) is 13.0. The molecule has 44 heavy (non-hydrogen) atoms. The molecule has 3 aromatic carbocycles. The quantitative estimate of drug-likeness (QED) is 0.138. The first-order valence-corrected chi connectivity index (χ1v) is 14.0. The standard InChI is InChI=1S/C27H19Cl2F6N5O3S/c28-17-5-7-19(8-6-17)43-13-23(41)36-12-22-38-39-25(40(22)18-3-1-2-15(10-18)26(30,31)32)44-14-24(42)37-21-11-16(27(33,34)35)4-9-20(21)29/h1-11H,12-14H2,(H,36,41)(H,37,42). The minimum absolute atomic E-state index is 0.0182. The summed E-state index contributed by atoms with van der Waals surface area (Å²) >= 11 is 12.5. The molecule has 0 saturated heterocycles. The maximum Gasteiger partial charge on any atom is 0.416 e. The Labute approximate surface area is 259 Å². The number of anilines is 1. The number of thioether (sulfide) groups is 1. The van der Waals surface area contributed by atoms with E-state index in [1.54, 1.807) is 24.3 Å². The van der Waals surface area contributed by atoms with Gasteiger partial charge >= 0.3 is 12.4 Å². The second-order valence-corrected chi connectivity index (χ2v) is 10.6. The van der Waals surface area contributed by atoms with Crippen LogP contribution in [0.3, 0.4) is 0 Å². The molecule has 0 fully saturated rings. The number of aromatic nitrogens is 3. The van der Waals surface area contributed by atoms with E-state index in [2.05, 4.69) is 20.8 Å². The molecule has 4 rings (SSSR count). The lowest BCUT2D eigenvalue weighted by atomic mass is 10.2. The SMILES string of the molecule is O=C(COc1ccc(Cl)cc1)NCc1nnc(SCC(=O)Nc2cc(C(F)(F)F)ccc2Cl)n1-c1cccc(C(F)(F)F)c1. The highest BCUT2D eigenvalue weighted by molar-refractivity contribution is 7.99. The van der Waals surface area contributed by atoms with Crippen molar-refractivity contribution in [2.24, 2.45) is 0 Å². The number of ether oxygens (including phenoxy) is 1. The van der Waals surface area contributed by atoms with E-state index in [1.807, 2.05) is 0 Å². The molecule has 0 aliphatic rings. The lowest BCUT2D eigenvalue weighted by Crippen LogP contribution is -2.29. The van der Waals surface area contributed by atoms with Crippen LogP contribution in [0.2, 0.25) is 10.0 Å². The molecule has 4 aromatic rings. The van der Waals surface area contributed by atoms with Crippen molar-refractivity contribution < 1.29 is 40.7 Å². The Morgan fingerprint density at radius 1 is 0.864 bits per heavy atom. The van der Waals surface area contributed by atoms with Crippen LogP contribution in [0.1, 0.15) is 17.0 Å². The summed E-state index contributed by atoms with van der Waals surface area (Å²) < 4.78 is 86.2. The average molecular weight is 678 g/mol. The van der Waals surface area contributed by atoms with Crippen LogP contribution in [0.4, 0.5) is 32.0 Å². The number of hydrogen-bond acceptors (Lipinski definition) is 6. The van der Waals surface area contributed by atoms with Crippen molar-refractivity contribution in [3.05, 3.63) is 93.7 Å². The van der Waals surface area contributed by atoms with Crippen molar-refractivity contribution >= 4 is 52.5 Å². The second-order valence-electron chi connectivity index (χ2n) is 8.83. The van der Waals surface area contributed by atoms with Gasteiger partial charge in [0.15, 0.2) is 17.6 Å². The van der Waals surface area contributed by atoms with Gasteiger partial charge in [-0.05, 0) is 60.7 Å². The third kappa shape index (κ3) is 8.80. The lowest BCUT2D eigenvalue weighted by molar-refractivity contribution is -0.138. The third-order valence-corrected chi connectivity index (χ3v) is 7.17. The first kappa shape index (κ1) is 33.0. The van der Waals surface area contributed by atoms with Crippen LogP contribution in [0.15, 0.2) is 71.9 Å². The number of nitrogens with zero attached hydrogens (tertiary/aromatic N) is 3. The molecule has 1 aromatic heterocycles. The predicted octanol–water partition coefficient (Wildman–Crippen LogP) is 7.04. The molecule has 8 nitrogen and oxygen atoms in total. The molecule has 2 N–H and O–H groups in total. The Balaban J connectivity index is 1.51. The molecule has 1 heterocycles. The zero-order chi connectivity index (χ0) is 32.1. The number of alkyl halides is 6. The van der Waals surface area contributed by atoms with Crippen LogP contribution in [-0.2, 0) is 28.5 Å². The fraction of sp³-hybridized carbons (Fsp3) is 0.185. The monoisotopic (exact) mass is 677 g/mol. The van der Waals surface area contributed by atoms with Crippen LogP contribution in [-0.4, -0.2) is 38.9 Å². The molecule has 0 saturated carbocycles. The van der Waals surface area contributed by atoms with Gasteiger partial charge in [0.05, 0.1) is 39.8 Å². The number of carbonyl (C=O) groups excluding carboxylic acids is 2. The Kier molecular flexibility index (Phi) is 10.3. The minimum Gasteiger partial charge on any atom is -0.484 e. The second kappa shape index (κ2) is 13.8. The van der Waals surface area contributed by atoms with Crippen LogP contribution in [0, 0.1) is 0 Å². The van der Waals surface area contributed by atoms with Gasteiger partial charge in [-0.25, -0.2) is 0 Å². The molecule has 17 heteroatoms. The highest BCUT2D eigenvalue weighted by Gasteiger charge is 2.32. The molecular formula is C27H19Cl2F6N5O3S. The number of rotatable bonds is 10. The Bertz CT molecular complexity index is 1650. The summed E-state index contributed by atoms with van der Waals surface area (Å²) in [7, 11) is 0. The van der Waals surface area contributed by atoms with E-state index in [9.17, 15) is 35.9 Å². The Morgan fingerprint density at radius 2 is 1.55 bits per heavy atom. The van der Waals surface area contributed by atoms with E-state index in [0.29, 0.717) is 16.8 Å².